The van der Waals surface area contributed by atoms with Gasteiger partial charge in [0.1, 0.15) is 0 Å². The zero-order valence-electron chi connectivity index (χ0n) is 15.3. The molecule has 0 aliphatic carbocycles. The third kappa shape index (κ3) is 2.03. The number of likely N-dealkylation sites (N-methyl/N-ethyl adjacent to an activating group) is 1. The summed E-state index contributed by atoms with van der Waals surface area (Å²) in [4.78, 5) is 27.1. The Labute approximate surface area is 161 Å². The Bertz CT molecular complexity index is 1120. The number of rotatable bonds is 2. The molecule has 0 bridgehead atoms. The molecule has 2 aliphatic heterocycles. The molecule has 140 valence electrons. The lowest BCUT2D eigenvalue weighted by atomic mass is 9.78. The largest absolute Gasteiger partial charge is 0.324 e. The number of para-hydroxylation sites is 1. The molecule has 1 spiro atoms. The van der Waals surface area contributed by atoms with Crippen molar-refractivity contribution >= 4 is 22.4 Å². The molecule has 28 heavy (non-hydrogen) atoms. The third-order valence-electron chi connectivity index (χ3n) is 6.26. The van der Waals surface area contributed by atoms with Crippen LogP contribution in [0.1, 0.15) is 17.0 Å². The standard InChI is InChI=1S/C22H19N3O3/c1-24-13-17(16-10-6-8-14-7-2-3-9-15(14)16)20(25(27)28)22(24)18-11-4-5-12-19(18)23-21(22)26/h2-12,17,20H,13H2,1H3,(H,23,26)/t17-,20+,22+/m1/s1. The first-order valence-corrected chi connectivity index (χ1v) is 9.28. The first-order valence-electron chi connectivity index (χ1n) is 9.28. The number of benzene rings is 3. The highest BCUT2D eigenvalue weighted by atomic mass is 16.6. The number of amides is 1. The van der Waals surface area contributed by atoms with Gasteiger partial charge in [-0.15, -0.1) is 0 Å². The summed E-state index contributed by atoms with van der Waals surface area (Å²) in [5, 5.41) is 17.3. The maximum absolute atomic E-state index is 13.2. The van der Waals surface area contributed by atoms with Crippen LogP contribution in [0.2, 0.25) is 0 Å². The van der Waals surface area contributed by atoms with E-state index in [1.165, 1.54) is 0 Å². The van der Waals surface area contributed by atoms with Gasteiger partial charge in [0.15, 0.2) is 5.54 Å². The highest BCUT2D eigenvalue weighted by Crippen LogP contribution is 2.52. The molecule has 0 radical (unpaired) electrons. The Morgan fingerprint density at radius 1 is 1.07 bits per heavy atom. The fraction of sp³-hybridized carbons (Fsp3) is 0.227. The Kier molecular flexibility index (Phi) is 3.54. The quantitative estimate of drug-likeness (QED) is 0.552. The average Bonchev–Trinajstić information content (AvgIpc) is 3.17. The monoisotopic (exact) mass is 373 g/mol. The molecule has 3 aromatic rings. The number of hydrogen-bond donors (Lipinski definition) is 1. The van der Waals surface area contributed by atoms with Gasteiger partial charge in [-0.25, -0.2) is 0 Å². The second kappa shape index (κ2) is 5.87. The van der Waals surface area contributed by atoms with Crippen LogP contribution in [0.25, 0.3) is 10.8 Å². The second-order valence-corrected chi connectivity index (χ2v) is 7.55. The zero-order chi connectivity index (χ0) is 19.5. The van der Waals surface area contributed by atoms with Gasteiger partial charge >= 0.3 is 0 Å². The maximum atomic E-state index is 13.2. The lowest BCUT2D eigenvalue weighted by molar-refractivity contribution is -0.534. The zero-order valence-corrected chi connectivity index (χ0v) is 15.3. The molecule has 2 heterocycles. The summed E-state index contributed by atoms with van der Waals surface area (Å²) in [5.74, 6) is -0.719. The molecule has 3 aromatic carbocycles. The van der Waals surface area contributed by atoms with Crippen molar-refractivity contribution in [2.45, 2.75) is 17.5 Å². The minimum Gasteiger partial charge on any atom is -0.324 e. The van der Waals surface area contributed by atoms with E-state index in [-0.39, 0.29) is 10.8 Å². The van der Waals surface area contributed by atoms with Crippen LogP contribution in [0.3, 0.4) is 0 Å². The van der Waals surface area contributed by atoms with E-state index < -0.39 is 17.5 Å². The number of nitrogens with zero attached hydrogens (tertiary/aromatic N) is 2. The van der Waals surface area contributed by atoms with Crippen molar-refractivity contribution in [3.05, 3.63) is 88.0 Å². The van der Waals surface area contributed by atoms with E-state index in [0.29, 0.717) is 17.8 Å². The van der Waals surface area contributed by atoms with E-state index >= 15 is 0 Å². The molecular formula is C22H19N3O3. The van der Waals surface area contributed by atoms with Gasteiger partial charge in [-0.3, -0.25) is 19.8 Å². The number of likely N-dealkylation sites (tertiary alicyclic amines) is 1. The van der Waals surface area contributed by atoms with Crippen molar-refractivity contribution < 1.29 is 9.72 Å². The van der Waals surface area contributed by atoms with Crippen molar-refractivity contribution in [3.63, 3.8) is 0 Å². The number of fused-ring (bicyclic) bond motifs is 3. The topological polar surface area (TPSA) is 75.5 Å². The molecule has 1 N–H and O–H groups in total. The van der Waals surface area contributed by atoms with Gasteiger partial charge in [0.25, 0.3) is 11.9 Å². The van der Waals surface area contributed by atoms with Gasteiger partial charge in [0, 0.05) is 22.7 Å². The lowest BCUT2D eigenvalue weighted by Crippen LogP contribution is -2.54. The molecule has 5 rings (SSSR count). The fourth-order valence-electron chi connectivity index (χ4n) is 5.13. The van der Waals surface area contributed by atoms with Crippen molar-refractivity contribution in [1.82, 2.24) is 4.90 Å². The summed E-state index contributed by atoms with van der Waals surface area (Å²) >= 11 is 0. The van der Waals surface area contributed by atoms with Crippen molar-refractivity contribution in [2.24, 2.45) is 0 Å². The number of nitrogens with one attached hydrogen (secondary N) is 1. The van der Waals surface area contributed by atoms with Crippen molar-refractivity contribution in [3.8, 4) is 0 Å². The highest BCUT2D eigenvalue weighted by Gasteiger charge is 2.68. The number of hydrogen-bond acceptors (Lipinski definition) is 4. The predicted octanol–water partition coefficient (Wildman–Crippen LogP) is 3.36. The van der Waals surface area contributed by atoms with E-state index in [1.807, 2.05) is 72.6 Å². The van der Waals surface area contributed by atoms with E-state index in [2.05, 4.69) is 5.32 Å². The fourth-order valence-corrected chi connectivity index (χ4v) is 5.13. The molecule has 6 heteroatoms. The number of carbonyl (C=O) groups is 1. The van der Waals surface area contributed by atoms with E-state index in [0.717, 1.165) is 16.3 Å². The summed E-state index contributed by atoms with van der Waals surface area (Å²) in [6.07, 6.45) is 0. The van der Waals surface area contributed by atoms with Gasteiger partial charge in [-0.2, -0.15) is 0 Å². The Hall–Kier alpha value is -3.25. The number of nitro groups is 1. The predicted molar refractivity (Wildman–Crippen MR) is 107 cm³/mol. The summed E-state index contributed by atoms with van der Waals surface area (Å²) in [7, 11) is 1.81. The summed E-state index contributed by atoms with van der Waals surface area (Å²) in [6, 6.07) is 20.0. The van der Waals surface area contributed by atoms with Gasteiger partial charge in [-0.05, 0) is 29.4 Å². The Balaban J connectivity index is 1.75. The summed E-state index contributed by atoms with van der Waals surface area (Å²) in [5.41, 5.74) is 0.958. The Morgan fingerprint density at radius 2 is 1.79 bits per heavy atom. The molecule has 1 amide bonds. The van der Waals surface area contributed by atoms with Gasteiger partial charge in [0.05, 0.1) is 5.92 Å². The first kappa shape index (κ1) is 16.9. The summed E-state index contributed by atoms with van der Waals surface area (Å²) in [6.45, 7) is 0.432. The molecule has 2 aliphatic rings. The van der Waals surface area contributed by atoms with Crippen LogP contribution in [-0.4, -0.2) is 35.4 Å². The van der Waals surface area contributed by atoms with Crippen LogP contribution in [0.4, 0.5) is 5.69 Å². The third-order valence-corrected chi connectivity index (χ3v) is 6.26. The van der Waals surface area contributed by atoms with Gasteiger partial charge < -0.3 is 5.32 Å². The van der Waals surface area contributed by atoms with Crippen LogP contribution in [0, 0.1) is 10.1 Å². The molecule has 0 aromatic heterocycles. The molecule has 6 nitrogen and oxygen atoms in total. The number of carbonyl (C=O) groups excluding carboxylic acids is 1. The minimum absolute atomic E-state index is 0.266. The minimum atomic E-state index is -1.30. The Morgan fingerprint density at radius 3 is 2.61 bits per heavy atom. The van der Waals surface area contributed by atoms with E-state index in [4.69, 9.17) is 0 Å². The molecule has 0 saturated carbocycles. The van der Waals surface area contributed by atoms with Crippen LogP contribution in [-0.2, 0) is 10.3 Å². The van der Waals surface area contributed by atoms with Gasteiger partial charge in [-0.1, -0.05) is 60.7 Å². The number of anilines is 1. The van der Waals surface area contributed by atoms with Gasteiger partial charge in [0.2, 0.25) is 0 Å². The first-order chi connectivity index (χ1) is 13.5. The van der Waals surface area contributed by atoms with Crippen LogP contribution >= 0.6 is 0 Å². The molecule has 1 saturated heterocycles. The van der Waals surface area contributed by atoms with Crippen LogP contribution < -0.4 is 5.32 Å². The highest BCUT2D eigenvalue weighted by molar-refractivity contribution is 6.07. The molecule has 1 fully saturated rings. The molecule has 3 atom stereocenters. The molecular weight excluding hydrogens is 354 g/mol. The maximum Gasteiger partial charge on any atom is 0.256 e. The molecule has 0 unspecified atom stereocenters. The average molecular weight is 373 g/mol. The SMILES string of the molecule is CN1C[C@H](c2cccc3ccccc23)[C@H]([N+](=O)[O-])[C@@]12C(=O)Nc1ccccc12. The van der Waals surface area contributed by atoms with Crippen LogP contribution in [0.15, 0.2) is 66.7 Å². The normalized spacial score (nSPS) is 26.5. The second-order valence-electron chi connectivity index (χ2n) is 7.55. The van der Waals surface area contributed by atoms with Crippen molar-refractivity contribution in [2.75, 3.05) is 18.9 Å². The smallest absolute Gasteiger partial charge is 0.256 e. The van der Waals surface area contributed by atoms with Crippen LogP contribution in [0.5, 0.6) is 0 Å². The van der Waals surface area contributed by atoms with E-state index in [1.54, 1.807) is 6.07 Å². The van der Waals surface area contributed by atoms with E-state index in [9.17, 15) is 14.9 Å². The van der Waals surface area contributed by atoms with Crippen molar-refractivity contribution in [1.29, 1.82) is 0 Å². The summed E-state index contributed by atoms with van der Waals surface area (Å²) < 4.78 is 0. The lowest BCUT2D eigenvalue weighted by Gasteiger charge is -2.30.